The van der Waals surface area contributed by atoms with Gasteiger partial charge in [0.05, 0.1) is 22.4 Å². The van der Waals surface area contributed by atoms with E-state index in [1.54, 1.807) is 13.2 Å². The van der Waals surface area contributed by atoms with E-state index in [0.717, 1.165) is 12.8 Å². The van der Waals surface area contributed by atoms with Crippen molar-refractivity contribution in [2.45, 2.75) is 50.2 Å². The molecular weight excluding hydrogens is 459 g/mol. The number of halogens is 2. The summed E-state index contributed by atoms with van der Waals surface area (Å²) < 4.78 is 16.8. The zero-order valence-corrected chi connectivity index (χ0v) is 19.8. The minimum atomic E-state index is -0.808. The molecular formula is C24H28ClFN6O2. The number of fused-ring (bicyclic) bond motifs is 1. The molecule has 3 atom stereocenters. The Bertz CT molecular complexity index is 1210. The molecule has 2 heterocycles. The number of nitrogens with zero attached hydrogens (tertiary/aromatic N) is 4. The van der Waals surface area contributed by atoms with Crippen LogP contribution in [0.3, 0.4) is 0 Å². The molecule has 180 valence electrons. The van der Waals surface area contributed by atoms with Crippen LogP contribution < -0.4 is 11.1 Å². The van der Waals surface area contributed by atoms with Gasteiger partial charge < -0.3 is 16.2 Å². The predicted octanol–water partition coefficient (Wildman–Crippen LogP) is 4.14. The summed E-state index contributed by atoms with van der Waals surface area (Å²) in [5.41, 5.74) is 6.82. The van der Waals surface area contributed by atoms with Crippen LogP contribution in [-0.4, -0.2) is 36.2 Å². The Labute approximate surface area is 201 Å². The second-order valence-corrected chi connectivity index (χ2v) is 10.1. The molecule has 2 aliphatic rings. The normalized spacial score (nSPS) is 27.0. The molecule has 0 spiro atoms. The van der Waals surface area contributed by atoms with E-state index in [-0.39, 0.29) is 22.8 Å². The number of amides is 1. The van der Waals surface area contributed by atoms with Crippen molar-refractivity contribution in [3.8, 4) is 0 Å². The summed E-state index contributed by atoms with van der Waals surface area (Å²) in [6.07, 6.45) is 6.65. The number of hydrogen-bond acceptors (Lipinski definition) is 5. The Hall–Kier alpha value is -2.91. The zero-order chi connectivity index (χ0) is 24.2. The van der Waals surface area contributed by atoms with Gasteiger partial charge in [-0.2, -0.15) is 10.2 Å². The van der Waals surface area contributed by atoms with Crippen molar-refractivity contribution in [3.63, 3.8) is 0 Å². The topological polar surface area (TPSA) is 111 Å². The molecule has 0 radical (unpaired) electrons. The van der Waals surface area contributed by atoms with Crippen LogP contribution in [0.25, 0.3) is 0 Å². The monoisotopic (exact) mass is 486 g/mol. The van der Waals surface area contributed by atoms with E-state index in [9.17, 15) is 14.3 Å². The number of nitrogen functional groups attached to an aromatic ring is 1. The molecule has 3 aromatic rings. The minimum absolute atomic E-state index is 0.0700. The number of nitrogens with one attached hydrogen (secondary N) is 1. The third kappa shape index (κ3) is 3.86. The molecule has 0 aliphatic heterocycles. The molecule has 0 bridgehead atoms. The van der Waals surface area contributed by atoms with Gasteiger partial charge in [0.2, 0.25) is 0 Å². The van der Waals surface area contributed by atoms with E-state index < -0.39 is 17.3 Å². The number of nitrogens with two attached hydrogens (primary N) is 1. The fourth-order valence-corrected chi connectivity index (χ4v) is 6.05. The zero-order valence-electron chi connectivity index (χ0n) is 19.1. The van der Waals surface area contributed by atoms with Crippen molar-refractivity contribution in [3.05, 3.63) is 58.8 Å². The summed E-state index contributed by atoms with van der Waals surface area (Å²) in [5, 5.41) is 23.0. The third-order valence-corrected chi connectivity index (χ3v) is 7.97. The summed E-state index contributed by atoms with van der Waals surface area (Å²) in [6.45, 7) is 2.01. The van der Waals surface area contributed by atoms with Crippen molar-refractivity contribution >= 4 is 29.0 Å². The van der Waals surface area contributed by atoms with Gasteiger partial charge in [0, 0.05) is 31.0 Å². The van der Waals surface area contributed by atoms with E-state index in [4.69, 9.17) is 17.3 Å². The highest BCUT2D eigenvalue weighted by Crippen LogP contribution is 2.56. The first-order chi connectivity index (χ1) is 16.2. The highest BCUT2D eigenvalue weighted by atomic mass is 35.5. The number of hydrogen-bond donors (Lipinski definition) is 3. The fraction of sp³-hybridized carbons (Fsp3) is 0.458. The number of aromatic nitrogens is 4. The van der Waals surface area contributed by atoms with Crippen LogP contribution in [0.15, 0.2) is 36.7 Å². The lowest BCUT2D eigenvalue weighted by Gasteiger charge is -2.31. The van der Waals surface area contributed by atoms with Gasteiger partial charge in [-0.25, -0.2) is 4.39 Å². The standard InChI is InChI=1S/C24H28ClFN6O2/c1-13(32-7-3-6-28-32)24(34)11-15-8-14(9-16(15)12-24)21-20(22(27)31(2)30-21)23(33)29-17-4-5-19(26)18(25)10-17/h3-7,10,13-16,34H,8-9,11-12,27H2,1-2H3,(H,29,33). The number of rotatable bonds is 5. The molecule has 10 heteroatoms. The Morgan fingerprint density at radius 1 is 1.35 bits per heavy atom. The average molecular weight is 487 g/mol. The molecule has 5 rings (SSSR count). The molecule has 1 amide bonds. The van der Waals surface area contributed by atoms with Gasteiger partial charge >= 0.3 is 0 Å². The molecule has 2 saturated carbocycles. The maximum absolute atomic E-state index is 13.5. The molecule has 2 aromatic heterocycles. The second kappa shape index (κ2) is 8.39. The van der Waals surface area contributed by atoms with Gasteiger partial charge in [-0.15, -0.1) is 0 Å². The first-order valence-electron chi connectivity index (χ1n) is 11.5. The summed E-state index contributed by atoms with van der Waals surface area (Å²) >= 11 is 5.85. The van der Waals surface area contributed by atoms with Crippen molar-refractivity contribution in [1.82, 2.24) is 19.6 Å². The van der Waals surface area contributed by atoms with Gasteiger partial charge in [-0.1, -0.05) is 11.6 Å². The van der Waals surface area contributed by atoms with Crippen LogP contribution in [0.1, 0.15) is 60.6 Å². The van der Waals surface area contributed by atoms with E-state index in [0.29, 0.717) is 41.6 Å². The van der Waals surface area contributed by atoms with Crippen LogP contribution in [-0.2, 0) is 7.05 Å². The van der Waals surface area contributed by atoms with Gasteiger partial charge in [0.25, 0.3) is 5.91 Å². The number of aliphatic hydroxyl groups is 1. The lowest BCUT2D eigenvalue weighted by atomic mass is 9.87. The molecule has 3 unspecified atom stereocenters. The van der Waals surface area contributed by atoms with Crippen molar-refractivity contribution in [2.24, 2.45) is 18.9 Å². The SMILES string of the molecule is CC(n1cccn1)C1(O)CC2CC(c3nn(C)c(N)c3C(=O)Nc3ccc(F)c(Cl)c3)CC2C1. The Balaban J connectivity index is 1.34. The van der Waals surface area contributed by atoms with Gasteiger partial charge in [-0.05, 0) is 68.7 Å². The van der Waals surface area contributed by atoms with Crippen molar-refractivity contribution in [1.29, 1.82) is 0 Å². The van der Waals surface area contributed by atoms with E-state index in [1.807, 2.05) is 23.9 Å². The van der Waals surface area contributed by atoms with Crippen molar-refractivity contribution in [2.75, 3.05) is 11.1 Å². The highest BCUT2D eigenvalue weighted by molar-refractivity contribution is 6.31. The number of aryl methyl sites for hydroxylation is 1. The first-order valence-corrected chi connectivity index (χ1v) is 11.8. The molecule has 8 nitrogen and oxygen atoms in total. The van der Waals surface area contributed by atoms with Crippen LogP contribution >= 0.6 is 11.6 Å². The molecule has 1 aromatic carbocycles. The summed E-state index contributed by atoms with van der Waals surface area (Å²) in [6, 6.07) is 5.77. The lowest BCUT2D eigenvalue weighted by Crippen LogP contribution is -2.36. The molecule has 34 heavy (non-hydrogen) atoms. The summed E-state index contributed by atoms with van der Waals surface area (Å²) in [7, 11) is 1.71. The molecule has 0 saturated heterocycles. The molecule has 4 N–H and O–H groups in total. The summed E-state index contributed by atoms with van der Waals surface area (Å²) in [5.74, 6) is 0.0676. The van der Waals surface area contributed by atoms with Gasteiger partial charge in [0.1, 0.15) is 17.2 Å². The third-order valence-electron chi connectivity index (χ3n) is 7.68. The fourth-order valence-electron chi connectivity index (χ4n) is 5.87. The smallest absolute Gasteiger partial charge is 0.261 e. The largest absolute Gasteiger partial charge is 0.388 e. The highest BCUT2D eigenvalue weighted by Gasteiger charge is 2.52. The lowest BCUT2D eigenvalue weighted by molar-refractivity contribution is -0.0116. The van der Waals surface area contributed by atoms with Crippen LogP contribution in [0.2, 0.25) is 5.02 Å². The van der Waals surface area contributed by atoms with Gasteiger partial charge in [0.15, 0.2) is 0 Å². The van der Waals surface area contributed by atoms with E-state index in [2.05, 4.69) is 15.5 Å². The number of carbonyl (C=O) groups is 1. The van der Waals surface area contributed by atoms with Gasteiger partial charge in [-0.3, -0.25) is 14.2 Å². The minimum Gasteiger partial charge on any atom is -0.388 e. The maximum Gasteiger partial charge on any atom is 0.261 e. The predicted molar refractivity (Wildman–Crippen MR) is 127 cm³/mol. The molecule has 2 aliphatic carbocycles. The number of anilines is 2. The Morgan fingerprint density at radius 2 is 2.06 bits per heavy atom. The summed E-state index contributed by atoms with van der Waals surface area (Å²) in [4.78, 5) is 13.2. The number of carbonyl (C=O) groups excluding carboxylic acids is 1. The molecule has 2 fully saturated rings. The maximum atomic E-state index is 13.5. The van der Waals surface area contributed by atoms with E-state index >= 15 is 0 Å². The average Bonchev–Trinajstić information content (AvgIpc) is 3.55. The Morgan fingerprint density at radius 3 is 2.68 bits per heavy atom. The quantitative estimate of drug-likeness (QED) is 0.502. The number of benzene rings is 1. The van der Waals surface area contributed by atoms with Crippen LogP contribution in [0, 0.1) is 17.7 Å². The van der Waals surface area contributed by atoms with Crippen LogP contribution in [0.4, 0.5) is 15.9 Å². The van der Waals surface area contributed by atoms with Crippen molar-refractivity contribution < 1.29 is 14.3 Å². The Kier molecular flexibility index (Phi) is 5.64. The van der Waals surface area contributed by atoms with Crippen LogP contribution in [0.5, 0.6) is 0 Å². The van der Waals surface area contributed by atoms with E-state index in [1.165, 1.54) is 22.9 Å². The second-order valence-electron chi connectivity index (χ2n) is 9.71. The first kappa shape index (κ1) is 22.9.